The van der Waals surface area contributed by atoms with Crippen LogP contribution in [0.2, 0.25) is 0 Å². The molecule has 0 bridgehead atoms. The van der Waals surface area contributed by atoms with Crippen LogP contribution in [0.3, 0.4) is 0 Å². The number of amides is 2. The van der Waals surface area contributed by atoms with E-state index in [0.717, 1.165) is 49.4 Å². The Kier molecular flexibility index (Phi) is 6.69. The molecule has 0 aromatic heterocycles. The van der Waals surface area contributed by atoms with Crippen LogP contribution in [0.1, 0.15) is 61.5 Å². The van der Waals surface area contributed by atoms with E-state index in [9.17, 15) is 9.59 Å². The lowest BCUT2D eigenvalue weighted by Gasteiger charge is -2.17. The normalized spacial score (nSPS) is 14.8. The summed E-state index contributed by atoms with van der Waals surface area (Å²) in [5, 5.41) is 3.02. The zero-order chi connectivity index (χ0) is 19.9. The molecular weight excluding hydrogens is 352 g/mol. The molecule has 1 saturated heterocycles. The van der Waals surface area contributed by atoms with E-state index >= 15 is 0 Å². The van der Waals surface area contributed by atoms with Crippen LogP contribution in [0.25, 0.3) is 0 Å². The summed E-state index contributed by atoms with van der Waals surface area (Å²) in [7, 11) is 0. The van der Waals surface area contributed by atoms with E-state index < -0.39 is 0 Å². The molecule has 0 unspecified atom stereocenters. The fraction of sp³-hybridized carbons (Fsp3) is 0.391. The first-order valence-electron chi connectivity index (χ1n) is 10.0. The first-order valence-corrected chi connectivity index (χ1v) is 10.0. The van der Waals surface area contributed by atoms with Gasteiger partial charge in [0.2, 0.25) is 5.91 Å². The Hall–Kier alpha value is -2.82. The monoisotopic (exact) mass is 380 g/mol. The van der Waals surface area contributed by atoms with Gasteiger partial charge in [0.25, 0.3) is 5.91 Å². The zero-order valence-corrected chi connectivity index (χ0v) is 16.6. The van der Waals surface area contributed by atoms with Crippen LogP contribution in [0.5, 0.6) is 5.75 Å². The van der Waals surface area contributed by atoms with Gasteiger partial charge in [-0.25, -0.2) is 0 Å². The van der Waals surface area contributed by atoms with Crippen molar-refractivity contribution in [2.75, 3.05) is 18.1 Å². The smallest absolute Gasteiger partial charge is 0.251 e. The van der Waals surface area contributed by atoms with E-state index in [1.54, 1.807) is 17.0 Å². The number of unbranched alkanes of at least 4 members (excludes halogenated alkanes) is 1. The number of anilines is 1. The molecule has 1 heterocycles. The fourth-order valence-electron chi connectivity index (χ4n) is 3.26. The van der Waals surface area contributed by atoms with Gasteiger partial charge >= 0.3 is 0 Å². The Morgan fingerprint density at radius 1 is 1.14 bits per heavy atom. The summed E-state index contributed by atoms with van der Waals surface area (Å²) in [4.78, 5) is 26.2. The molecule has 0 radical (unpaired) electrons. The Morgan fingerprint density at radius 2 is 1.86 bits per heavy atom. The molecule has 2 aromatic carbocycles. The summed E-state index contributed by atoms with van der Waals surface area (Å²) >= 11 is 0. The topological polar surface area (TPSA) is 58.6 Å². The second kappa shape index (κ2) is 9.40. The highest BCUT2D eigenvalue weighted by Gasteiger charge is 2.21. The van der Waals surface area contributed by atoms with E-state index in [-0.39, 0.29) is 17.9 Å². The molecule has 5 heteroatoms. The summed E-state index contributed by atoms with van der Waals surface area (Å²) in [6.07, 6.45) is 3.64. The number of carbonyl (C=O) groups is 2. The van der Waals surface area contributed by atoms with Crippen LogP contribution in [0.4, 0.5) is 5.69 Å². The Bertz CT molecular complexity index is 800. The van der Waals surface area contributed by atoms with Crippen molar-refractivity contribution in [2.24, 2.45) is 0 Å². The van der Waals surface area contributed by atoms with Crippen LogP contribution in [-0.2, 0) is 4.79 Å². The predicted molar refractivity (Wildman–Crippen MR) is 111 cm³/mol. The van der Waals surface area contributed by atoms with Gasteiger partial charge < -0.3 is 15.0 Å². The number of hydrogen-bond donors (Lipinski definition) is 1. The minimum absolute atomic E-state index is 0.114. The van der Waals surface area contributed by atoms with Crippen molar-refractivity contribution in [1.29, 1.82) is 0 Å². The molecule has 0 aliphatic carbocycles. The molecule has 1 atom stereocenters. The molecule has 1 aliphatic rings. The molecule has 2 amide bonds. The second-order valence-electron chi connectivity index (χ2n) is 7.16. The minimum atomic E-state index is -0.130. The lowest BCUT2D eigenvalue weighted by Crippen LogP contribution is -2.27. The molecule has 1 fully saturated rings. The predicted octanol–water partition coefficient (Wildman–Crippen LogP) is 4.48. The highest BCUT2D eigenvalue weighted by atomic mass is 16.5. The number of carbonyl (C=O) groups excluding carboxylic acids is 2. The van der Waals surface area contributed by atoms with Gasteiger partial charge in [-0.05, 0) is 61.7 Å². The number of nitrogens with one attached hydrogen (secondary N) is 1. The quantitative estimate of drug-likeness (QED) is 0.687. The summed E-state index contributed by atoms with van der Waals surface area (Å²) in [6.45, 7) is 5.57. The van der Waals surface area contributed by atoms with Crippen molar-refractivity contribution in [2.45, 2.75) is 45.6 Å². The van der Waals surface area contributed by atoms with E-state index in [1.807, 2.05) is 43.3 Å². The van der Waals surface area contributed by atoms with E-state index in [1.165, 1.54) is 0 Å². The van der Waals surface area contributed by atoms with Crippen LogP contribution in [-0.4, -0.2) is 25.0 Å². The maximum absolute atomic E-state index is 12.6. The van der Waals surface area contributed by atoms with Gasteiger partial charge in [0.05, 0.1) is 12.6 Å². The zero-order valence-electron chi connectivity index (χ0n) is 16.6. The first-order chi connectivity index (χ1) is 13.6. The maximum Gasteiger partial charge on any atom is 0.251 e. The van der Waals surface area contributed by atoms with Crippen molar-refractivity contribution in [1.82, 2.24) is 5.32 Å². The lowest BCUT2D eigenvalue weighted by molar-refractivity contribution is -0.117. The fourth-order valence-corrected chi connectivity index (χ4v) is 3.26. The van der Waals surface area contributed by atoms with Crippen LogP contribution >= 0.6 is 0 Å². The third-order valence-electron chi connectivity index (χ3n) is 5.01. The third-order valence-corrected chi connectivity index (χ3v) is 5.01. The summed E-state index contributed by atoms with van der Waals surface area (Å²) < 4.78 is 5.68. The highest BCUT2D eigenvalue weighted by Crippen LogP contribution is 2.22. The van der Waals surface area contributed by atoms with Crippen LogP contribution in [0, 0.1) is 0 Å². The summed E-state index contributed by atoms with van der Waals surface area (Å²) in [6, 6.07) is 14.9. The van der Waals surface area contributed by atoms with E-state index in [2.05, 4.69) is 12.2 Å². The standard InChI is InChI=1S/C23H28N2O3/c1-3-4-16-28-21-13-9-18(10-14-21)17(2)24-23(27)19-7-11-20(12-8-19)25-15-5-6-22(25)26/h7-14,17H,3-6,15-16H2,1-2H3,(H,24,27)/t17-/m0/s1. The molecule has 1 aliphatic heterocycles. The van der Waals surface area contributed by atoms with Gasteiger partial charge in [0.15, 0.2) is 0 Å². The van der Waals surface area contributed by atoms with Gasteiger partial charge in [-0.15, -0.1) is 0 Å². The van der Waals surface area contributed by atoms with Crippen molar-refractivity contribution >= 4 is 17.5 Å². The average molecular weight is 380 g/mol. The molecule has 2 aromatic rings. The molecular formula is C23H28N2O3. The molecule has 148 valence electrons. The molecule has 5 nitrogen and oxygen atoms in total. The number of rotatable bonds is 8. The molecule has 0 saturated carbocycles. The molecule has 1 N–H and O–H groups in total. The first kappa shape index (κ1) is 19.9. The Labute approximate surface area is 166 Å². The van der Waals surface area contributed by atoms with Crippen molar-refractivity contribution < 1.29 is 14.3 Å². The van der Waals surface area contributed by atoms with Gasteiger partial charge in [-0.1, -0.05) is 25.5 Å². The highest BCUT2D eigenvalue weighted by molar-refractivity contribution is 5.97. The lowest BCUT2D eigenvalue weighted by atomic mass is 10.1. The molecule has 3 rings (SSSR count). The van der Waals surface area contributed by atoms with E-state index in [4.69, 9.17) is 4.74 Å². The van der Waals surface area contributed by atoms with Gasteiger partial charge in [0, 0.05) is 24.2 Å². The van der Waals surface area contributed by atoms with Crippen molar-refractivity contribution in [3.63, 3.8) is 0 Å². The largest absolute Gasteiger partial charge is 0.494 e. The van der Waals surface area contributed by atoms with Crippen molar-refractivity contribution in [3.05, 3.63) is 59.7 Å². The SMILES string of the molecule is CCCCOc1ccc([C@H](C)NC(=O)c2ccc(N3CCCC3=O)cc2)cc1. The summed E-state index contributed by atoms with van der Waals surface area (Å²) in [5.41, 5.74) is 2.46. The molecule has 0 spiro atoms. The van der Waals surface area contributed by atoms with E-state index in [0.29, 0.717) is 12.0 Å². The Morgan fingerprint density at radius 3 is 2.46 bits per heavy atom. The Balaban J connectivity index is 1.57. The number of nitrogens with zero attached hydrogens (tertiary/aromatic N) is 1. The van der Waals surface area contributed by atoms with Crippen LogP contribution in [0.15, 0.2) is 48.5 Å². The van der Waals surface area contributed by atoms with Crippen molar-refractivity contribution in [3.8, 4) is 5.75 Å². The summed E-state index contributed by atoms with van der Waals surface area (Å²) in [5.74, 6) is 0.866. The maximum atomic E-state index is 12.6. The van der Waals surface area contributed by atoms with Gasteiger partial charge in [-0.2, -0.15) is 0 Å². The molecule has 28 heavy (non-hydrogen) atoms. The van der Waals surface area contributed by atoms with Gasteiger partial charge in [0.1, 0.15) is 5.75 Å². The number of benzene rings is 2. The number of hydrogen-bond acceptors (Lipinski definition) is 3. The van der Waals surface area contributed by atoms with Crippen LogP contribution < -0.4 is 15.0 Å². The number of ether oxygens (including phenoxy) is 1. The second-order valence-corrected chi connectivity index (χ2v) is 7.16. The van der Waals surface area contributed by atoms with Gasteiger partial charge in [-0.3, -0.25) is 9.59 Å². The average Bonchev–Trinajstić information content (AvgIpc) is 3.14. The third kappa shape index (κ3) is 4.91. The minimum Gasteiger partial charge on any atom is -0.494 e.